The molecular weight excluding hydrogens is 364 g/mol. The Kier molecular flexibility index (Phi) is 4.89. The summed E-state index contributed by atoms with van der Waals surface area (Å²) in [6.45, 7) is 0. The fourth-order valence-electron chi connectivity index (χ4n) is 3.65. The molecule has 5 aromatic rings. The summed E-state index contributed by atoms with van der Waals surface area (Å²) in [7, 11) is 0. The molecule has 2 heteroatoms. The molecule has 142 valence electrons. The fourth-order valence-corrected chi connectivity index (χ4v) is 3.65. The Morgan fingerprint density at radius 1 is 0.333 bits per heavy atom. The third-order valence-corrected chi connectivity index (χ3v) is 5.18. The molecule has 0 aliphatic heterocycles. The largest absolute Gasteiger partial charge is 0.236 e. The van der Waals surface area contributed by atoms with Crippen LogP contribution in [0.15, 0.2) is 122 Å². The average Bonchev–Trinajstić information content (AvgIpc) is 2.85. The molecule has 1 heterocycles. The Hall–Kier alpha value is -4.04. The average molecular weight is 384 g/mol. The summed E-state index contributed by atoms with van der Waals surface area (Å²) in [5.41, 5.74) is 8.73. The second-order valence-corrected chi connectivity index (χ2v) is 7.19. The molecule has 0 aliphatic rings. The normalized spacial score (nSPS) is 10.7. The van der Waals surface area contributed by atoms with Crippen LogP contribution in [0.2, 0.25) is 0 Å². The summed E-state index contributed by atoms with van der Waals surface area (Å²) in [6.07, 6.45) is 1.65. The predicted octanol–water partition coefficient (Wildman–Crippen LogP) is 7.14. The lowest BCUT2D eigenvalue weighted by molar-refractivity contribution is 1.18. The zero-order valence-corrected chi connectivity index (χ0v) is 16.4. The molecule has 1 aromatic heterocycles. The molecule has 2 nitrogen and oxygen atoms in total. The van der Waals surface area contributed by atoms with E-state index in [2.05, 4.69) is 94.9 Å². The van der Waals surface area contributed by atoms with Gasteiger partial charge in [-0.05, 0) is 46.5 Å². The summed E-state index contributed by atoms with van der Waals surface area (Å²) in [5.74, 6) is 0. The highest BCUT2D eigenvalue weighted by atomic mass is 14.8. The van der Waals surface area contributed by atoms with Crippen LogP contribution < -0.4 is 0 Å². The molecule has 0 aliphatic carbocycles. The van der Waals surface area contributed by atoms with Crippen LogP contribution in [-0.2, 0) is 0 Å². The van der Waals surface area contributed by atoms with E-state index in [1.54, 1.807) is 6.33 Å². The number of rotatable bonds is 4. The maximum absolute atomic E-state index is 4.59. The van der Waals surface area contributed by atoms with Crippen LogP contribution in [0.25, 0.3) is 44.8 Å². The fraction of sp³-hybridized carbons (Fsp3) is 0. The molecule has 0 atom stereocenters. The van der Waals surface area contributed by atoms with Crippen molar-refractivity contribution in [1.29, 1.82) is 0 Å². The SMILES string of the molecule is c1ccc(-c2cc(-c3ccccc3)cc(-c3cc(-c4ccccc4)ncn3)c2)cc1. The molecule has 0 fully saturated rings. The maximum atomic E-state index is 4.59. The van der Waals surface area contributed by atoms with E-state index in [-0.39, 0.29) is 0 Å². The Morgan fingerprint density at radius 2 is 0.733 bits per heavy atom. The highest BCUT2D eigenvalue weighted by molar-refractivity contribution is 5.81. The number of aromatic nitrogens is 2. The zero-order valence-electron chi connectivity index (χ0n) is 16.4. The van der Waals surface area contributed by atoms with E-state index in [4.69, 9.17) is 0 Å². The number of hydrogen-bond acceptors (Lipinski definition) is 2. The summed E-state index contributed by atoms with van der Waals surface area (Å²) in [5, 5.41) is 0. The van der Waals surface area contributed by atoms with Crippen LogP contribution in [0, 0.1) is 0 Å². The monoisotopic (exact) mass is 384 g/mol. The van der Waals surface area contributed by atoms with Crippen LogP contribution in [-0.4, -0.2) is 9.97 Å². The standard InChI is InChI=1S/C28H20N2/c1-4-10-21(11-5-1)24-16-25(22-12-6-2-7-13-22)18-26(17-24)28-19-27(29-20-30-28)23-14-8-3-9-15-23/h1-20H. The number of nitrogens with zero attached hydrogens (tertiary/aromatic N) is 2. The summed E-state index contributed by atoms with van der Waals surface area (Å²) >= 11 is 0. The molecular formula is C28H20N2. The van der Waals surface area contributed by atoms with Crippen molar-refractivity contribution in [3.05, 3.63) is 122 Å². The molecule has 0 bridgehead atoms. The van der Waals surface area contributed by atoms with Gasteiger partial charge < -0.3 is 0 Å². The van der Waals surface area contributed by atoms with Crippen molar-refractivity contribution in [3.63, 3.8) is 0 Å². The third kappa shape index (κ3) is 3.76. The lowest BCUT2D eigenvalue weighted by atomic mass is 9.94. The van der Waals surface area contributed by atoms with Gasteiger partial charge in [-0.1, -0.05) is 91.0 Å². The van der Waals surface area contributed by atoms with Crippen LogP contribution >= 0.6 is 0 Å². The quantitative estimate of drug-likeness (QED) is 0.329. The van der Waals surface area contributed by atoms with Crippen LogP contribution in [0.4, 0.5) is 0 Å². The van der Waals surface area contributed by atoms with E-state index >= 15 is 0 Å². The molecule has 5 rings (SSSR count). The molecule has 0 spiro atoms. The van der Waals surface area contributed by atoms with E-state index < -0.39 is 0 Å². The zero-order chi connectivity index (χ0) is 20.2. The Bertz CT molecular complexity index is 1210. The molecule has 4 aromatic carbocycles. The molecule has 0 saturated carbocycles. The predicted molar refractivity (Wildman–Crippen MR) is 124 cm³/mol. The van der Waals surface area contributed by atoms with Crippen molar-refractivity contribution >= 4 is 0 Å². The first-order valence-corrected chi connectivity index (χ1v) is 10.0. The molecule has 0 amide bonds. The van der Waals surface area contributed by atoms with E-state index in [1.807, 2.05) is 30.3 Å². The minimum absolute atomic E-state index is 0.916. The van der Waals surface area contributed by atoms with Gasteiger partial charge in [0, 0.05) is 11.1 Å². The molecule has 0 N–H and O–H groups in total. The highest BCUT2D eigenvalue weighted by Crippen LogP contribution is 2.33. The van der Waals surface area contributed by atoms with Crippen molar-refractivity contribution in [3.8, 4) is 44.8 Å². The van der Waals surface area contributed by atoms with Crippen molar-refractivity contribution in [2.24, 2.45) is 0 Å². The van der Waals surface area contributed by atoms with Gasteiger partial charge in [-0.25, -0.2) is 9.97 Å². The van der Waals surface area contributed by atoms with E-state index in [0.717, 1.165) is 22.5 Å². The maximum Gasteiger partial charge on any atom is 0.116 e. The molecule has 0 saturated heterocycles. The summed E-state index contributed by atoms with van der Waals surface area (Å²) in [4.78, 5) is 9.08. The first kappa shape index (κ1) is 18.0. The van der Waals surface area contributed by atoms with E-state index in [0.29, 0.717) is 0 Å². The van der Waals surface area contributed by atoms with Gasteiger partial charge in [-0.3, -0.25) is 0 Å². The highest BCUT2D eigenvalue weighted by Gasteiger charge is 2.09. The minimum Gasteiger partial charge on any atom is -0.236 e. The van der Waals surface area contributed by atoms with E-state index in [1.165, 1.54) is 22.3 Å². The Balaban J connectivity index is 1.67. The smallest absolute Gasteiger partial charge is 0.116 e. The van der Waals surface area contributed by atoms with Gasteiger partial charge in [0.15, 0.2) is 0 Å². The molecule has 30 heavy (non-hydrogen) atoms. The molecule has 0 radical (unpaired) electrons. The summed E-state index contributed by atoms with van der Waals surface area (Å²) < 4.78 is 0. The van der Waals surface area contributed by atoms with Gasteiger partial charge in [-0.2, -0.15) is 0 Å². The third-order valence-electron chi connectivity index (χ3n) is 5.18. The van der Waals surface area contributed by atoms with Crippen molar-refractivity contribution in [2.75, 3.05) is 0 Å². The molecule has 0 unspecified atom stereocenters. The number of hydrogen-bond donors (Lipinski definition) is 0. The second-order valence-electron chi connectivity index (χ2n) is 7.19. The lowest BCUT2D eigenvalue weighted by Crippen LogP contribution is -1.91. The van der Waals surface area contributed by atoms with Crippen LogP contribution in [0.5, 0.6) is 0 Å². The van der Waals surface area contributed by atoms with Gasteiger partial charge in [-0.15, -0.1) is 0 Å². The Labute approximate surface area is 176 Å². The van der Waals surface area contributed by atoms with Crippen molar-refractivity contribution in [1.82, 2.24) is 9.97 Å². The minimum atomic E-state index is 0.916. The van der Waals surface area contributed by atoms with E-state index in [9.17, 15) is 0 Å². The number of benzene rings is 4. The van der Waals surface area contributed by atoms with Gasteiger partial charge in [0.05, 0.1) is 11.4 Å². The summed E-state index contributed by atoms with van der Waals surface area (Å²) in [6, 6.07) is 39.9. The van der Waals surface area contributed by atoms with Crippen molar-refractivity contribution in [2.45, 2.75) is 0 Å². The van der Waals surface area contributed by atoms with Crippen LogP contribution in [0.3, 0.4) is 0 Å². The van der Waals surface area contributed by atoms with Crippen molar-refractivity contribution < 1.29 is 0 Å². The van der Waals surface area contributed by atoms with Crippen LogP contribution in [0.1, 0.15) is 0 Å². The van der Waals surface area contributed by atoms with Gasteiger partial charge in [0.1, 0.15) is 6.33 Å². The van der Waals surface area contributed by atoms with Gasteiger partial charge in [0.2, 0.25) is 0 Å². The van der Waals surface area contributed by atoms with Gasteiger partial charge >= 0.3 is 0 Å². The van der Waals surface area contributed by atoms with Gasteiger partial charge in [0.25, 0.3) is 0 Å². The second kappa shape index (κ2) is 8.14. The first-order valence-electron chi connectivity index (χ1n) is 10.0. The Morgan fingerprint density at radius 3 is 1.23 bits per heavy atom. The topological polar surface area (TPSA) is 25.8 Å². The lowest BCUT2D eigenvalue weighted by Gasteiger charge is -2.11. The first-order chi connectivity index (χ1) is 14.9.